The molecule has 0 aliphatic heterocycles. The van der Waals surface area contributed by atoms with Gasteiger partial charge in [-0.1, -0.05) is 26.7 Å². The first-order valence-corrected chi connectivity index (χ1v) is 6.52. The summed E-state index contributed by atoms with van der Waals surface area (Å²) in [6.07, 6.45) is 9.01. The second-order valence-electron chi connectivity index (χ2n) is 4.77. The standard InChI is InChI=1S/C14H28N2/c1-6-11-16(12-7-2)14(5)9-8-10-15-13(3)4/h1,13-15H,7-12H2,2-5H3. The van der Waals surface area contributed by atoms with E-state index in [1.54, 1.807) is 0 Å². The summed E-state index contributed by atoms with van der Waals surface area (Å²) in [5.41, 5.74) is 0. The normalized spacial score (nSPS) is 13.1. The van der Waals surface area contributed by atoms with E-state index >= 15 is 0 Å². The maximum Gasteiger partial charge on any atom is 0.0601 e. The van der Waals surface area contributed by atoms with Crippen LogP contribution in [0.5, 0.6) is 0 Å². The Bertz CT molecular complexity index is 193. The smallest absolute Gasteiger partial charge is 0.0601 e. The summed E-state index contributed by atoms with van der Waals surface area (Å²) in [6, 6.07) is 1.19. The Morgan fingerprint density at radius 3 is 2.50 bits per heavy atom. The van der Waals surface area contributed by atoms with Crippen LogP contribution >= 0.6 is 0 Å². The molecule has 0 aromatic carbocycles. The first-order valence-electron chi connectivity index (χ1n) is 6.52. The molecule has 94 valence electrons. The number of hydrogen-bond donors (Lipinski definition) is 1. The summed E-state index contributed by atoms with van der Waals surface area (Å²) >= 11 is 0. The van der Waals surface area contributed by atoms with Crippen LogP contribution in [0.3, 0.4) is 0 Å². The molecule has 0 bridgehead atoms. The van der Waals surface area contributed by atoms with Crippen molar-refractivity contribution in [2.75, 3.05) is 19.6 Å². The van der Waals surface area contributed by atoms with E-state index in [0.29, 0.717) is 12.1 Å². The highest BCUT2D eigenvalue weighted by atomic mass is 15.1. The molecule has 0 saturated heterocycles. The Kier molecular flexibility index (Phi) is 9.37. The van der Waals surface area contributed by atoms with Gasteiger partial charge in [0.25, 0.3) is 0 Å². The van der Waals surface area contributed by atoms with E-state index < -0.39 is 0 Å². The minimum Gasteiger partial charge on any atom is -0.315 e. The van der Waals surface area contributed by atoms with Crippen LogP contribution in [0, 0.1) is 12.3 Å². The lowest BCUT2D eigenvalue weighted by Gasteiger charge is -2.26. The van der Waals surface area contributed by atoms with Crippen molar-refractivity contribution < 1.29 is 0 Å². The van der Waals surface area contributed by atoms with Crippen molar-refractivity contribution in [3.63, 3.8) is 0 Å². The van der Waals surface area contributed by atoms with Crippen molar-refractivity contribution in [2.24, 2.45) is 0 Å². The van der Waals surface area contributed by atoms with Gasteiger partial charge in [-0.2, -0.15) is 0 Å². The molecule has 2 nitrogen and oxygen atoms in total. The van der Waals surface area contributed by atoms with E-state index in [-0.39, 0.29) is 0 Å². The first kappa shape index (κ1) is 15.5. The van der Waals surface area contributed by atoms with Crippen LogP contribution in [-0.2, 0) is 0 Å². The van der Waals surface area contributed by atoms with Crippen molar-refractivity contribution >= 4 is 0 Å². The highest BCUT2D eigenvalue weighted by Gasteiger charge is 2.10. The summed E-state index contributed by atoms with van der Waals surface area (Å²) in [6.45, 7) is 11.9. The fourth-order valence-electron chi connectivity index (χ4n) is 1.83. The molecule has 0 saturated carbocycles. The van der Waals surface area contributed by atoms with Crippen LogP contribution in [0.2, 0.25) is 0 Å². The molecule has 1 unspecified atom stereocenters. The Hall–Kier alpha value is -0.520. The van der Waals surface area contributed by atoms with Gasteiger partial charge in [0.2, 0.25) is 0 Å². The van der Waals surface area contributed by atoms with Gasteiger partial charge in [0, 0.05) is 12.1 Å². The van der Waals surface area contributed by atoms with Crippen LogP contribution in [0.4, 0.5) is 0 Å². The molecule has 2 heteroatoms. The van der Waals surface area contributed by atoms with Crippen molar-refractivity contribution in [2.45, 2.75) is 59.0 Å². The summed E-state index contributed by atoms with van der Waals surface area (Å²) in [7, 11) is 0. The number of nitrogens with zero attached hydrogens (tertiary/aromatic N) is 1. The SMILES string of the molecule is C#CCN(CCC)C(C)CCCNC(C)C. The minimum absolute atomic E-state index is 0.591. The fourth-order valence-corrected chi connectivity index (χ4v) is 1.83. The average molecular weight is 224 g/mol. The van der Waals surface area contributed by atoms with Crippen molar-refractivity contribution in [3.8, 4) is 12.3 Å². The average Bonchev–Trinajstić information content (AvgIpc) is 2.23. The van der Waals surface area contributed by atoms with Crippen LogP contribution in [-0.4, -0.2) is 36.6 Å². The molecule has 0 rings (SSSR count). The molecule has 0 radical (unpaired) electrons. The molecule has 0 spiro atoms. The van der Waals surface area contributed by atoms with Crippen molar-refractivity contribution in [1.29, 1.82) is 0 Å². The highest BCUT2D eigenvalue weighted by Crippen LogP contribution is 2.06. The van der Waals surface area contributed by atoms with Crippen molar-refractivity contribution in [3.05, 3.63) is 0 Å². The summed E-state index contributed by atoms with van der Waals surface area (Å²) in [5, 5.41) is 3.44. The molecule has 0 aromatic heterocycles. The molecule has 0 amide bonds. The highest BCUT2D eigenvalue weighted by molar-refractivity contribution is 4.89. The predicted molar refractivity (Wildman–Crippen MR) is 72.5 cm³/mol. The van der Waals surface area contributed by atoms with Gasteiger partial charge in [-0.3, -0.25) is 4.90 Å². The van der Waals surface area contributed by atoms with E-state index in [9.17, 15) is 0 Å². The van der Waals surface area contributed by atoms with Gasteiger partial charge in [0.1, 0.15) is 0 Å². The zero-order valence-electron chi connectivity index (χ0n) is 11.4. The summed E-state index contributed by atoms with van der Waals surface area (Å²) < 4.78 is 0. The van der Waals surface area contributed by atoms with Gasteiger partial charge in [-0.15, -0.1) is 6.42 Å². The summed E-state index contributed by atoms with van der Waals surface area (Å²) in [4.78, 5) is 2.40. The van der Waals surface area contributed by atoms with Gasteiger partial charge < -0.3 is 5.32 Å². The topological polar surface area (TPSA) is 15.3 Å². The Morgan fingerprint density at radius 1 is 1.31 bits per heavy atom. The van der Waals surface area contributed by atoms with Crippen LogP contribution in [0.25, 0.3) is 0 Å². The predicted octanol–water partition coefficient (Wildman–Crippen LogP) is 2.50. The second-order valence-corrected chi connectivity index (χ2v) is 4.77. The Balaban J connectivity index is 3.74. The number of terminal acetylenes is 1. The molecular formula is C14H28N2. The molecule has 0 aliphatic carbocycles. The zero-order chi connectivity index (χ0) is 12.4. The van der Waals surface area contributed by atoms with Gasteiger partial charge in [0.15, 0.2) is 0 Å². The third kappa shape index (κ3) is 7.73. The Morgan fingerprint density at radius 2 is 2.00 bits per heavy atom. The molecule has 0 fully saturated rings. The van der Waals surface area contributed by atoms with E-state index in [1.165, 1.54) is 19.3 Å². The van der Waals surface area contributed by atoms with Gasteiger partial charge in [0.05, 0.1) is 6.54 Å². The third-order valence-corrected chi connectivity index (χ3v) is 2.78. The number of rotatable bonds is 9. The van der Waals surface area contributed by atoms with E-state index in [4.69, 9.17) is 6.42 Å². The van der Waals surface area contributed by atoms with Crippen molar-refractivity contribution in [1.82, 2.24) is 10.2 Å². The van der Waals surface area contributed by atoms with Gasteiger partial charge >= 0.3 is 0 Å². The molecular weight excluding hydrogens is 196 g/mol. The lowest BCUT2D eigenvalue weighted by atomic mass is 10.1. The van der Waals surface area contributed by atoms with E-state index in [2.05, 4.69) is 43.8 Å². The molecule has 0 aromatic rings. The van der Waals surface area contributed by atoms with E-state index in [0.717, 1.165) is 19.6 Å². The lowest BCUT2D eigenvalue weighted by molar-refractivity contribution is 0.221. The minimum atomic E-state index is 0.591. The van der Waals surface area contributed by atoms with Crippen LogP contribution < -0.4 is 5.32 Å². The van der Waals surface area contributed by atoms with E-state index in [1.807, 2.05) is 0 Å². The largest absolute Gasteiger partial charge is 0.315 e. The molecule has 0 aliphatic rings. The maximum absolute atomic E-state index is 5.39. The second kappa shape index (κ2) is 9.69. The van der Waals surface area contributed by atoms with Crippen LogP contribution in [0.1, 0.15) is 47.0 Å². The number of nitrogens with one attached hydrogen (secondary N) is 1. The zero-order valence-corrected chi connectivity index (χ0v) is 11.4. The summed E-state index contributed by atoms with van der Waals surface area (Å²) in [5.74, 6) is 2.75. The quantitative estimate of drug-likeness (QED) is 0.478. The third-order valence-electron chi connectivity index (χ3n) is 2.78. The Labute approximate surface area is 102 Å². The maximum atomic E-state index is 5.39. The monoisotopic (exact) mass is 224 g/mol. The number of hydrogen-bond acceptors (Lipinski definition) is 2. The fraction of sp³-hybridized carbons (Fsp3) is 0.857. The molecule has 1 N–H and O–H groups in total. The molecule has 1 atom stereocenters. The van der Waals surface area contributed by atoms with Crippen LogP contribution in [0.15, 0.2) is 0 Å². The molecule has 16 heavy (non-hydrogen) atoms. The first-order chi connectivity index (χ1) is 7.61. The lowest BCUT2D eigenvalue weighted by Crippen LogP contribution is -2.35. The van der Waals surface area contributed by atoms with Gasteiger partial charge in [-0.05, 0) is 39.3 Å². The van der Waals surface area contributed by atoms with Gasteiger partial charge in [-0.25, -0.2) is 0 Å². The molecule has 0 heterocycles.